The fourth-order valence-corrected chi connectivity index (χ4v) is 10.1. The van der Waals surface area contributed by atoms with Crippen molar-refractivity contribution < 1.29 is 13.9 Å². The van der Waals surface area contributed by atoms with E-state index in [2.05, 4.69) is 5.09 Å². The van der Waals surface area contributed by atoms with E-state index in [1.54, 1.807) is 6.66 Å². The van der Waals surface area contributed by atoms with Crippen molar-refractivity contribution >= 4 is 20.3 Å². The molecule has 0 saturated heterocycles. The van der Waals surface area contributed by atoms with Crippen LogP contribution >= 0.6 is 14.4 Å². The molecule has 1 rings (SSSR count). The highest BCUT2D eigenvalue weighted by molar-refractivity contribution is 7.79. The quantitative estimate of drug-likeness (QED) is 0.795. The van der Waals surface area contributed by atoms with Gasteiger partial charge in [0.15, 0.2) is 7.29 Å². The van der Waals surface area contributed by atoms with E-state index in [-0.39, 0.29) is 17.5 Å². The van der Waals surface area contributed by atoms with E-state index in [0.29, 0.717) is 0 Å². The molecule has 0 spiro atoms. The number of nitrogens with one attached hydrogen (secondary N) is 1. The van der Waals surface area contributed by atoms with E-state index in [1.165, 1.54) is 13.6 Å². The van der Waals surface area contributed by atoms with Crippen LogP contribution in [0.1, 0.15) is 32.6 Å². The number of hydrogen-bond donors (Lipinski definition) is 1. The Kier molecular flexibility index (Phi) is 4.42. The van der Waals surface area contributed by atoms with Crippen LogP contribution in [0.5, 0.6) is 0 Å². The van der Waals surface area contributed by atoms with E-state index in [4.69, 9.17) is 0 Å². The molecule has 6 heteroatoms. The van der Waals surface area contributed by atoms with Gasteiger partial charge in [-0.05, 0) is 19.5 Å². The van der Waals surface area contributed by atoms with Gasteiger partial charge >= 0.3 is 0 Å². The average Bonchev–Trinajstić information content (AvgIpc) is 2.48. The molecule has 94 valence electrons. The molecule has 4 nitrogen and oxygen atoms in total. The SMILES string of the molecule is CC(=O)NP(C)(=O)CP(C)(=O)C1CCCC1. The van der Waals surface area contributed by atoms with E-state index < -0.39 is 14.4 Å². The second kappa shape index (κ2) is 5.06. The molecule has 0 aromatic heterocycles. The van der Waals surface area contributed by atoms with Gasteiger partial charge in [0, 0.05) is 19.2 Å². The highest BCUT2D eigenvalue weighted by atomic mass is 31.2. The zero-order valence-corrected chi connectivity index (χ0v) is 12.0. The summed E-state index contributed by atoms with van der Waals surface area (Å²) in [6.45, 7) is 4.59. The van der Waals surface area contributed by atoms with Crippen molar-refractivity contribution in [3.05, 3.63) is 0 Å². The molecule has 2 atom stereocenters. The third kappa shape index (κ3) is 4.07. The molecule has 0 heterocycles. The summed E-state index contributed by atoms with van der Waals surface area (Å²) in [5, 5.41) is 2.44. The van der Waals surface area contributed by atoms with Crippen LogP contribution in [-0.2, 0) is 13.9 Å². The largest absolute Gasteiger partial charge is 0.323 e. The molecule has 1 aliphatic rings. The first-order chi connectivity index (χ1) is 7.23. The number of hydrogen-bond acceptors (Lipinski definition) is 3. The van der Waals surface area contributed by atoms with Crippen molar-refractivity contribution in [2.45, 2.75) is 38.3 Å². The smallest absolute Gasteiger partial charge is 0.222 e. The molecule has 0 aromatic carbocycles. The van der Waals surface area contributed by atoms with Crippen LogP contribution in [0.3, 0.4) is 0 Å². The zero-order valence-electron chi connectivity index (χ0n) is 10.2. The van der Waals surface area contributed by atoms with Gasteiger partial charge in [-0.3, -0.25) is 4.79 Å². The van der Waals surface area contributed by atoms with Crippen molar-refractivity contribution in [2.75, 3.05) is 19.2 Å². The lowest BCUT2D eigenvalue weighted by atomic mass is 10.4. The Hall–Kier alpha value is -0.0700. The molecule has 1 aliphatic carbocycles. The van der Waals surface area contributed by atoms with E-state index >= 15 is 0 Å². The Labute approximate surface area is 97.4 Å². The summed E-state index contributed by atoms with van der Waals surface area (Å²) in [5.41, 5.74) is 0.217. The normalized spacial score (nSPS) is 24.7. The third-order valence-electron chi connectivity index (χ3n) is 3.04. The molecular formula is C10H21NO3P2. The Morgan fingerprint density at radius 3 is 2.19 bits per heavy atom. The zero-order chi connectivity index (χ0) is 12.4. The highest BCUT2D eigenvalue weighted by Crippen LogP contribution is 2.61. The first-order valence-corrected chi connectivity index (χ1v) is 10.4. The highest BCUT2D eigenvalue weighted by Gasteiger charge is 2.35. The summed E-state index contributed by atoms with van der Waals surface area (Å²) in [6, 6.07) is 0. The van der Waals surface area contributed by atoms with Crippen LogP contribution in [0.4, 0.5) is 0 Å². The monoisotopic (exact) mass is 265 g/mol. The molecule has 1 amide bonds. The fraction of sp³-hybridized carbons (Fsp3) is 0.900. The van der Waals surface area contributed by atoms with Crippen molar-refractivity contribution in [1.29, 1.82) is 0 Å². The number of rotatable bonds is 4. The second-order valence-electron chi connectivity index (χ2n) is 5.02. The maximum atomic E-state index is 12.5. The third-order valence-corrected chi connectivity index (χ3v) is 10.3. The number of carbonyl (C=O) groups is 1. The number of carbonyl (C=O) groups excluding carboxylic acids is 1. The first kappa shape index (κ1) is 14.0. The van der Waals surface area contributed by atoms with Crippen LogP contribution in [0.2, 0.25) is 0 Å². The van der Waals surface area contributed by atoms with E-state index in [1.807, 2.05) is 0 Å². The van der Waals surface area contributed by atoms with Crippen molar-refractivity contribution in [3.8, 4) is 0 Å². The average molecular weight is 265 g/mol. The summed E-state index contributed by atoms with van der Waals surface area (Å²) < 4.78 is 24.6. The summed E-state index contributed by atoms with van der Waals surface area (Å²) >= 11 is 0. The molecule has 1 saturated carbocycles. The standard InChI is InChI=1S/C10H21NO3P2/c1-9(12)11-16(3,14)8-15(2,13)10-6-4-5-7-10/h10H,4-8H2,1-3H3,(H,11,12,14). The van der Waals surface area contributed by atoms with Crippen molar-refractivity contribution in [1.82, 2.24) is 5.09 Å². The van der Waals surface area contributed by atoms with Crippen molar-refractivity contribution in [3.63, 3.8) is 0 Å². The summed E-state index contributed by atoms with van der Waals surface area (Å²) in [7, 11) is -5.18. The lowest BCUT2D eigenvalue weighted by Crippen LogP contribution is -2.19. The van der Waals surface area contributed by atoms with Gasteiger partial charge < -0.3 is 14.2 Å². The van der Waals surface area contributed by atoms with E-state index in [0.717, 1.165) is 25.7 Å². The maximum Gasteiger partial charge on any atom is 0.222 e. The minimum atomic E-state index is -2.79. The Morgan fingerprint density at radius 2 is 1.75 bits per heavy atom. The lowest BCUT2D eigenvalue weighted by molar-refractivity contribution is -0.117. The minimum absolute atomic E-state index is 0.171. The van der Waals surface area contributed by atoms with E-state index in [9.17, 15) is 13.9 Å². The van der Waals surface area contributed by atoms with Gasteiger partial charge in [-0.25, -0.2) is 0 Å². The van der Waals surface area contributed by atoms with Gasteiger partial charge in [-0.15, -0.1) is 0 Å². The molecular weight excluding hydrogens is 244 g/mol. The summed E-state index contributed by atoms with van der Waals surface area (Å²) in [5.74, 6) is -0.137. The Bertz CT molecular complexity index is 361. The molecule has 16 heavy (non-hydrogen) atoms. The molecule has 1 N–H and O–H groups in total. The topological polar surface area (TPSA) is 63.2 Å². The van der Waals surface area contributed by atoms with Gasteiger partial charge in [0.05, 0.1) is 13.0 Å². The molecule has 0 aliphatic heterocycles. The maximum absolute atomic E-state index is 12.5. The summed E-state index contributed by atoms with van der Waals surface area (Å²) in [6.07, 6.45) is 4.20. The Balaban J connectivity index is 2.67. The molecule has 0 bridgehead atoms. The van der Waals surface area contributed by atoms with Gasteiger partial charge in [-0.2, -0.15) is 0 Å². The Morgan fingerprint density at radius 1 is 1.25 bits per heavy atom. The second-order valence-corrected chi connectivity index (χ2v) is 11.7. The fourth-order valence-electron chi connectivity index (χ4n) is 2.47. The van der Waals surface area contributed by atoms with Gasteiger partial charge in [0.25, 0.3) is 0 Å². The van der Waals surface area contributed by atoms with Gasteiger partial charge in [-0.1, -0.05) is 12.8 Å². The van der Waals surface area contributed by atoms with Crippen LogP contribution < -0.4 is 5.09 Å². The lowest BCUT2D eigenvalue weighted by Gasteiger charge is -2.24. The molecule has 0 radical (unpaired) electrons. The first-order valence-electron chi connectivity index (χ1n) is 5.64. The molecule has 1 fully saturated rings. The van der Waals surface area contributed by atoms with Gasteiger partial charge in [0.1, 0.15) is 0 Å². The van der Waals surface area contributed by atoms with Crippen LogP contribution in [-0.4, -0.2) is 30.8 Å². The minimum Gasteiger partial charge on any atom is -0.323 e. The van der Waals surface area contributed by atoms with Crippen LogP contribution in [0, 0.1) is 0 Å². The molecule has 0 aromatic rings. The van der Waals surface area contributed by atoms with Crippen molar-refractivity contribution in [2.24, 2.45) is 0 Å². The van der Waals surface area contributed by atoms with Gasteiger partial charge in [0.2, 0.25) is 5.91 Å². The molecule has 2 unspecified atom stereocenters. The van der Waals surface area contributed by atoms with Crippen LogP contribution in [0.25, 0.3) is 0 Å². The predicted molar refractivity (Wildman–Crippen MR) is 68.0 cm³/mol. The number of amides is 1. The van der Waals surface area contributed by atoms with Crippen LogP contribution in [0.15, 0.2) is 0 Å². The predicted octanol–water partition coefficient (Wildman–Crippen LogP) is 2.92. The summed E-state index contributed by atoms with van der Waals surface area (Å²) in [4.78, 5) is 10.9.